The van der Waals surface area contributed by atoms with E-state index in [9.17, 15) is 0 Å². The summed E-state index contributed by atoms with van der Waals surface area (Å²) in [4.78, 5) is 15.6. The predicted molar refractivity (Wildman–Crippen MR) is 184 cm³/mol. The lowest BCUT2D eigenvalue weighted by Crippen LogP contribution is -2.05. The molecular weight excluding hydrogens is 548 g/mol. The molecule has 4 heteroatoms. The Balaban J connectivity index is 1.44. The van der Waals surface area contributed by atoms with Crippen LogP contribution in [0.1, 0.15) is 0 Å². The zero-order chi connectivity index (χ0) is 29.5. The minimum absolute atomic E-state index is 0.630. The number of nitrogens with zero attached hydrogens (tertiary/aromatic N) is 4. The predicted octanol–water partition coefficient (Wildman–Crippen LogP) is 10.3. The van der Waals surface area contributed by atoms with Crippen molar-refractivity contribution in [2.75, 3.05) is 0 Å². The number of aromatic nitrogens is 4. The molecule has 0 saturated carbocycles. The Morgan fingerprint density at radius 2 is 1.09 bits per heavy atom. The van der Waals surface area contributed by atoms with Gasteiger partial charge in [-0.2, -0.15) is 0 Å². The number of hydrogen-bond acceptors (Lipinski definition) is 3. The minimum atomic E-state index is 0.630. The molecule has 9 aromatic rings. The Morgan fingerprint density at radius 1 is 0.444 bits per heavy atom. The molecule has 3 aromatic heterocycles. The Labute approximate surface area is 258 Å². The van der Waals surface area contributed by atoms with E-state index in [2.05, 4.69) is 126 Å². The summed E-state index contributed by atoms with van der Waals surface area (Å²) in [6.45, 7) is 0. The van der Waals surface area contributed by atoms with E-state index in [0.717, 1.165) is 44.5 Å². The summed E-state index contributed by atoms with van der Waals surface area (Å²) in [6.07, 6.45) is 1.89. The van der Waals surface area contributed by atoms with E-state index in [1.807, 2.05) is 24.4 Å². The van der Waals surface area contributed by atoms with Gasteiger partial charge in [0.1, 0.15) is 0 Å². The highest BCUT2D eigenvalue weighted by Gasteiger charge is 2.27. The van der Waals surface area contributed by atoms with Crippen molar-refractivity contribution < 1.29 is 0 Å². The maximum absolute atomic E-state index is 5.30. The van der Waals surface area contributed by atoms with Gasteiger partial charge in [-0.1, -0.05) is 115 Å². The van der Waals surface area contributed by atoms with E-state index >= 15 is 0 Å². The van der Waals surface area contributed by atoms with Gasteiger partial charge in [-0.05, 0) is 57.3 Å². The standard InChI is InChI=1S/C41H24N4/c1-3-11-25(12-4-1)33-24-34(26-13-5-2-6-14-26)44-41(43-33)45-35-21-20-27-15-9-19-31-29-17-7-8-18-30(29)32-23-28-16-10-22-42-39(28)40(45)37(32)38(35)36(27)31/h1-24H. The van der Waals surface area contributed by atoms with Gasteiger partial charge < -0.3 is 0 Å². The Morgan fingerprint density at radius 3 is 1.82 bits per heavy atom. The van der Waals surface area contributed by atoms with Crippen molar-refractivity contribution in [3.63, 3.8) is 0 Å². The Hall–Kier alpha value is -6.13. The maximum Gasteiger partial charge on any atom is 0.235 e. The molecular formula is C41H24N4. The van der Waals surface area contributed by atoms with Gasteiger partial charge in [0.25, 0.3) is 0 Å². The zero-order valence-corrected chi connectivity index (χ0v) is 24.1. The van der Waals surface area contributed by atoms with Crippen LogP contribution in [0, 0.1) is 0 Å². The largest absolute Gasteiger partial charge is 0.276 e. The molecule has 45 heavy (non-hydrogen) atoms. The van der Waals surface area contributed by atoms with Crippen molar-refractivity contribution in [2.24, 2.45) is 0 Å². The van der Waals surface area contributed by atoms with Crippen LogP contribution in [-0.2, 0) is 0 Å². The summed E-state index contributed by atoms with van der Waals surface area (Å²) in [5.41, 5.74) is 11.8. The number of benzene rings is 6. The van der Waals surface area contributed by atoms with Crippen LogP contribution in [0.15, 0.2) is 146 Å². The second kappa shape index (κ2) is 9.18. The summed E-state index contributed by atoms with van der Waals surface area (Å²) in [5.74, 6) is 0.630. The molecule has 0 aliphatic heterocycles. The molecule has 0 saturated heterocycles. The molecule has 3 heterocycles. The van der Waals surface area contributed by atoms with Crippen LogP contribution in [0.25, 0.3) is 94.2 Å². The smallest absolute Gasteiger partial charge is 0.235 e. The number of pyridine rings is 1. The first kappa shape index (κ1) is 24.3. The summed E-state index contributed by atoms with van der Waals surface area (Å²) in [5, 5.41) is 5.96. The van der Waals surface area contributed by atoms with E-state index in [0.29, 0.717) is 5.95 Å². The quantitative estimate of drug-likeness (QED) is 0.212. The zero-order valence-electron chi connectivity index (χ0n) is 24.1. The minimum Gasteiger partial charge on any atom is -0.276 e. The molecule has 0 amide bonds. The maximum atomic E-state index is 5.30. The fraction of sp³-hybridized carbons (Fsp3) is 0. The lowest BCUT2D eigenvalue weighted by molar-refractivity contribution is 0.997. The van der Waals surface area contributed by atoms with Gasteiger partial charge >= 0.3 is 0 Å². The van der Waals surface area contributed by atoms with Crippen LogP contribution < -0.4 is 0 Å². The third-order valence-corrected chi connectivity index (χ3v) is 9.17. The molecule has 0 unspecified atom stereocenters. The molecule has 208 valence electrons. The lowest BCUT2D eigenvalue weighted by Gasteiger charge is -2.15. The first-order chi connectivity index (χ1) is 22.3. The number of fused-ring (bicyclic) bond motifs is 5. The molecule has 4 nitrogen and oxygen atoms in total. The molecule has 0 N–H and O–H groups in total. The van der Waals surface area contributed by atoms with E-state index in [4.69, 9.17) is 15.0 Å². The molecule has 1 aliphatic rings. The molecule has 0 spiro atoms. The molecule has 0 atom stereocenters. The van der Waals surface area contributed by atoms with Gasteiger partial charge in [0.15, 0.2) is 0 Å². The lowest BCUT2D eigenvalue weighted by atomic mass is 9.93. The first-order valence-electron chi connectivity index (χ1n) is 15.2. The molecule has 1 aliphatic carbocycles. The summed E-state index contributed by atoms with van der Waals surface area (Å²) >= 11 is 0. The van der Waals surface area contributed by atoms with Crippen molar-refractivity contribution in [3.05, 3.63) is 146 Å². The Kier molecular flexibility index (Phi) is 4.96. The topological polar surface area (TPSA) is 43.6 Å². The first-order valence-corrected chi connectivity index (χ1v) is 15.2. The summed E-state index contributed by atoms with van der Waals surface area (Å²) in [6, 6.07) is 49.2. The van der Waals surface area contributed by atoms with E-state index in [1.54, 1.807) is 0 Å². The fourth-order valence-corrected chi connectivity index (χ4v) is 7.25. The van der Waals surface area contributed by atoms with Crippen molar-refractivity contribution in [2.45, 2.75) is 0 Å². The van der Waals surface area contributed by atoms with E-state index < -0.39 is 0 Å². The second-order valence-electron chi connectivity index (χ2n) is 11.6. The normalized spacial score (nSPS) is 12.0. The third kappa shape index (κ3) is 3.45. The van der Waals surface area contributed by atoms with Gasteiger partial charge in [0.2, 0.25) is 5.95 Å². The van der Waals surface area contributed by atoms with Crippen LogP contribution in [-0.4, -0.2) is 19.5 Å². The van der Waals surface area contributed by atoms with Gasteiger partial charge in [0, 0.05) is 33.5 Å². The van der Waals surface area contributed by atoms with Gasteiger partial charge in [0.05, 0.1) is 27.9 Å². The van der Waals surface area contributed by atoms with Gasteiger partial charge in [-0.3, -0.25) is 9.55 Å². The van der Waals surface area contributed by atoms with Crippen LogP contribution in [0.2, 0.25) is 0 Å². The fourth-order valence-electron chi connectivity index (χ4n) is 7.25. The molecule has 0 radical (unpaired) electrons. The highest BCUT2D eigenvalue weighted by atomic mass is 15.2. The third-order valence-electron chi connectivity index (χ3n) is 9.17. The van der Waals surface area contributed by atoms with Crippen molar-refractivity contribution in [1.29, 1.82) is 0 Å². The van der Waals surface area contributed by atoms with Crippen molar-refractivity contribution >= 4 is 43.5 Å². The highest BCUT2D eigenvalue weighted by molar-refractivity contribution is 6.33. The number of hydrogen-bond donors (Lipinski definition) is 0. The van der Waals surface area contributed by atoms with Crippen LogP contribution in [0.3, 0.4) is 0 Å². The average molecular weight is 573 g/mol. The molecule has 10 rings (SSSR count). The monoisotopic (exact) mass is 572 g/mol. The molecule has 0 fully saturated rings. The summed E-state index contributed by atoms with van der Waals surface area (Å²) < 4.78 is 2.26. The molecule has 6 aromatic carbocycles. The van der Waals surface area contributed by atoms with Crippen molar-refractivity contribution in [3.8, 4) is 50.7 Å². The van der Waals surface area contributed by atoms with Gasteiger partial charge in [-0.25, -0.2) is 9.97 Å². The SMILES string of the molecule is c1ccc(-c2cc(-c3ccccc3)nc(-n3c4ccc5cccc6c5c4c4c(cc5cccnc5c43)-c3ccccc3-6)n2)cc1. The summed E-state index contributed by atoms with van der Waals surface area (Å²) in [7, 11) is 0. The van der Waals surface area contributed by atoms with Crippen LogP contribution in [0.4, 0.5) is 0 Å². The van der Waals surface area contributed by atoms with Crippen LogP contribution >= 0.6 is 0 Å². The van der Waals surface area contributed by atoms with E-state index in [-0.39, 0.29) is 0 Å². The van der Waals surface area contributed by atoms with Gasteiger partial charge in [-0.15, -0.1) is 0 Å². The van der Waals surface area contributed by atoms with E-state index in [1.165, 1.54) is 43.8 Å². The van der Waals surface area contributed by atoms with Crippen molar-refractivity contribution in [1.82, 2.24) is 19.5 Å². The second-order valence-corrected chi connectivity index (χ2v) is 11.6. The Bertz CT molecular complexity index is 2580. The molecule has 0 bridgehead atoms. The highest BCUT2D eigenvalue weighted by Crippen LogP contribution is 2.51. The average Bonchev–Trinajstić information content (AvgIpc) is 3.41. The van der Waals surface area contributed by atoms with Crippen LogP contribution in [0.5, 0.6) is 0 Å². The number of rotatable bonds is 3.